The van der Waals surface area contributed by atoms with E-state index in [1.807, 2.05) is 4.57 Å². The first kappa shape index (κ1) is 18.9. The number of unbranched alkanes of at least 4 members (excludes halogenated alkanes) is 2. The summed E-state index contributed by atoms with van der Waals surface area (Å²) in [4.78, 5) is 0. The Kier molecular flexibility index (Phi) is 4.20. The van der Waals surface area contributed by atoms with E-state index in [9.17, 15) is 13.2 Å². The molecule has 0 N–H and O–H groups in total. The number of nitrogens with zero attached hydrogens (tertiary/aromatic N) is 3. The third kappa shape index (κ3) is 2.76. The molecule has 0 saturated heterocycles. The van der Waals surface area contributed by atoms with Gasteiger partial charge in [-0.25, -0.2) is 0 Å². The average Bonchev–Trinajstić information content (AvgIpc) is 3.61. The number of fused-ring (bicyclic) bond motifs is 3. The number of hydrogen-bond donors (Lipinski definition) is 0. The molecule has 0 spiro atoms. The number of aromatic nitrogens is 3. The van der Waals surface area contributed by atoms with Crippen molar-refractivity contribution in [3.63, 3.8) is 0 Å². The molecule has 5 fully saturated rings. The summed E-state index contributed by atoms with van der Waals surface area (Å²) in [5, 5.41) is 8.73. The van der Waals surface area contributed by atoms with Crippen molar-refractivity contribution in [3.05, 3.63) is 11.6 Å². The lowest BCUT2D eigenvalue weighted by Gasteiger charge is -2.53. The molecule has 0 aromatic carbocycles. The van der Waals surface area contributed by atoms with Gasteiger partial charge in [-0.3, -0.25) is 0 Å². The lowest BCUT2D eigenvalue weighted by molar-refractivity contribution is -0.163. The molecule has 0 aliphatic heterocycles. The highest BCUT2D eigenvalue weighted by atomic mass is 19.4. The zero-order valence-electron chi connectivity index (χ0n) is 17.0. The summed E-state index contributed by atoms with van der Waals surface area (Å²) in [5.41, 5.74) is -1.25. The fraction of sp³-hybridized carbons (Fsp3) is 0.909. The maximum Gasteiger partial charge on any atom is 0.401 e. The monoisotopic (exact) mass is 395 g/mol. The molecule has 5 aliphatic rings. The first-order chi connectivity index (χ1) is 13.3. The van der Waals surface area contributed by atoms with Crippen molar-refractivity contribution in [3.8, 4) is 0 Å². The van der Waals surface area contributed by atoms with Crippen LogP contribution < -0.4 is 0 Å². The van der Waals surface area contributed by atoms with Gasteiger partial charge in [0, 0.05) is 11.5 Å². The Balaban J connectivity index is 1.43. The summed E-state index contributed by atoms with van der Waals surface area (Å²) < 4.78 is 43.4. The average molecular weight is 396 g/mol. The van der Waals surface area contributed by atoms with Gasteiger partial charge in [0.1, 0.15) is 17.1 Å². The van der Waals surface area contributed by atoms with E-state index in [-0.39, 0.29) is 30.1 Å². The van der Waals surface area contributed by atoms with Crippen LogP contribution in [0.3, 0.4) is 0 Å². The molecule has 5 saturated carbocycles. The molecule has 3 nitrogen and oxygen atoms in total. The Morgan fingerprint density at radius 3 is 2.00 bits per heavy atom. The lowest BCUT2D eigenvalue weighted by Crippen LogP contribution is -2.45. The molecular formula is C22H32F3N3. The van der Waals surface area contributed by atoms with Crippen molar-refractivity contribution in [2.24, 2.45) is 5.41 Å². The molecule has 0 unspecified atom stereocenters. The molecule has 5 aliphatic carbocycles. The first-order valence-electron chi connectivity index (χ1n) is 11.4. The lowest BCUT2D eigenvalue weighted by atomic mass is 9.52. The molecule has 1 aromatic rings. The van der Waals surface area contributed by atoms with E-state index in [0.29, 0.717) is 5.41 Å². The van der Waals surface area contributed by atoms with E-state index in [0.717, 1.165) is 37.9 Å². The SMILES string of the molecule is CCCCCC12CCC(c3nnc(C4(C(F)(F)F)CC4)n3C3CC3)(CC1)CC2. The van der Waals surface area contributed by atoms with Gasteiger partial charge >= 0.3 is 6.18 Å². The predicted octanol–water partition coefficient (Wildman–Crippen LogP) is 6.38. The highest BCUT2D eigenvalue weighted by Crippen LogP contribution is 2.63. The first-order valence-corrected chi connectivity index (χ1v) is 11.4. The zero-order valence-corrected chi connectivity index (χ0v) is 17.0. The van der Waals surface area contributed by atoms with E-state index in [4.69, 9.17) is 0 Å². The second-order valence-corrected chi connectivity index (χ2v) is 10.3. The van der Waals surface area contributed by atoms with Gasteiger partial charge in [0.2, 0.25) is 0 Å². The van der Waals surface area contributed by atoms with Crippen LogP contribution in [0.25, 0.3) is 0 Å². The maximum atomic E-state index is 13.8. The third-order valence-electron chi connectivity index (χ3n) is 8.52. The molecule has 6 rings (SSSR count). The summed E-state index contributed by atoms with van der Waals surface area (Å²) in [5.74, 6) is 1.14. The number of halogens is 3. The van der Waals surface area contributed by atoms with Gasteiger partial charge in [0.15, 0.2) is 0 Å². The van der Waals surface area contributed by atoms with E-state index in [1.165, 1.54) is 44.9 Å². The molecule has 0 atom stereocenters. The molecule has 6 heteroatoms. The van der Waals surface area contributed by atoms with Crippen molar-refractivity contribution in [2.75, 3.05) is 0 Å². The largest absolute Gasteiger partial charge is 0.401 e. The second kappa shape index (κ2) is 6.21. The normalized spacial score (nSPS) is 34.0. The summed E-state index contributed by atoms with van der Waals surface area (Å²) >= 11 is 0. The molecular weight excluding hydrogens is 363 g/mol. The summed E-state index contributed by atoms with van der Waals surface area (Å²) in [6.07, 6.45) is 10.2. The van der Waals surface area contributed by atoms with Crippen LogP contribution in [0, 0.1) is 5.41 Å². The van der Waals surface area contributed by atoms with E-state index < -0.39 is 11.6 Å². The Morgan fingerprint density at radius 1 is 0.893 bits per heavy atom. The Labute approximate surface area is 165 Å². The van der Waals surface area contributed by atoms with Gasteiger partial charge in [-0.05, 0) is 76.0 Å². The van der Waals surface area contributed by atoms with E-state index >= 15 is 0 Å². The second-order valence-electron chi connectivity index (χ2n) is 10.3. The third-order valence-corrected chi connectivity index (χ3v) is 8.52. The zero-order chi connectivity index (χ0) is 19.6. The van der Waals surface area contributed by atoms with Crippen LogP contribution in [0.5, 0.6) is 0 Å². The van der Waals surface area contributed by atoms with Crippen LogP contribution in [-0.2, 0) is 10.8 Å². The predicted molar refractivity (Wildman–Crippen MR) is 101 cm³/mol. The molecule has 1 aromatic heterocycles. The summed E-state index contributed by atoms with van der Waals surface area (Å²) in [7, 11) is 0. The van der Waals surface area contributed by atoms with Crippen molar-refractivity contribution in [1.29, 1.82) is 0 Å². The van der Waals surface area contributed by atoms with Gasteiger partial charge in [-0.1, -0.05) is 26.2 Å². The fourth-order valence-corrected chi connectivity index (χ4v) is 6.14. The van der Waals surface area contributed by atoms with Crippen LogP contribution in [0.15, 0.2) is 0 Å². The van der Waals surface area contributed by atoms with Gasteiger partial charge in [0.05, 0.1) is 0 Å². The van der Waals surface area contributed by atoms with Gasteiger partial charge < -0.3 is 4.57 Å². The minimum atomic E-state index is -4.21. The van der Waals surface area contributed by atoms with Gasteiger partial charge in [-0.2, -0.15) is 13.2 Å². The smallest absolute Gasteiger partial charge is 0.311 e. The van der Waals surface area contributed by atoms with Crippen LogP contribution in [0.2, 0.25) is 0 Å². The molecule has 2 bridgehead atoms. The van der Waals surface area contributed by atoms with Gasteiger partial charge in [-0.15, -0.1) is 10.2 Å². The minimum Gasteiger partial charge on any atom is -0.311 e. The minimum absolute atomic E-state index is 0.0258. The summed E-state index contributed by atoms with van der Waals surface area (Å²) in [6, 6.07) is 0.201. The quantitative estimate of drug-likeness (QED) is 0.502. The highest BCUT2D eigenvalue weighted by Gasteiger charge is 2.68. The van der Waals surface area contributed by atoms with Crippen LogP contribution >= 0.6 is 0 Å². The highest BCUT2D eigenvalue weighted by molar-refractivity contribution is 5.28. The molecule has 1 heterocycles. The van der Waals surface area contributed by atoms with E-state index in [1.54, 1.807) is 0 Å². The molecule has 0 amide bonds. The van der Waals surface area contributed by atoms with Crippen molar-refractivity contribution < 1.29 is 13.2 Å². The number of hydrogen-bond acceptors (Lipinski definition) is 2. The Morgan fingerprint density at radius 2 is 1.50 bits per heavy atom. The number of alkyl halides is 3. The maximum absolute atomic E-state index is 13.8. The number of rotatable bonds is 7. The Bertz CT molecular complexity index is 718. The van der Waals surface area contributed by atoms with Crippen LogP contribution in [0.4, 0.5) is 13.2 Å². The van der Waals surface area contributed by atoms with Crippen LogP contribution in [-0.4, -0.2) is 20.9 Å². The standard InChI is InChI=1S/C22H32F3N3/c1-2-3-4-7-19-8-11-20(12-9-19,13-10-19)17-26-27-18(28(17)16-5-6-16)21(14-15-21)22(23,24)25/h16H,2-15H2,1H3. The molecule has 156 valence electrons. The van der Waals surface area contributed by atoms with Crippen LogP contribution in [0.1, 0.15) is 115 Å². The molecule has 28 heavy (non-hydrogen) atoms. The Hall–Kier alpha value is -1.07. The van der Waals surface area contributed by atoms with Crippen molar-refractivity contribution in [1.82, 2.24) is 14.8 Å². The topological polar surface area (TPSA) is 30.7 Å². The summed E-state index contributed by atoms with van der Waals surface area (Å²) in [6.45, 7) is 2.25. The van der Waals surface area contributed by atoms with Crippen molar-refractivity contribution in [2.45, 2.75) is 120 Å². The molecule has 0 radical (unpaired) electrons. The van der Waals surface area contributed by atoms with Gasteiger partial charge in [0.25, 0.3) is 0 Å². The fourth-order valence-electron chi connectivity index (χ4n) is 6.14. The van der Waals surface area contributed by atoms with E-state index in [2.05, 4.69) is 17.1 Å². The van der Waals surface area contributed by atoms with Crippen molar-refractivity contribution >= 4 is 0 Å².